The summed E-state index contributed by atoms with van der Waals surface area (Å²) >= 11 is 1.27. The third kappa shape index (κ3) is 7.02. The van der Waals surface area contributed by atoms with Crippen molar-refractivity contribution in [3.8, 4) is 17.0 Å². The second-order valence-electron chi connectivity index (χ2n) is 9.88. The van der Waals surface area contributed by atoms with Gasteiger partial charge in [0.05, 0.1) is 23.9 Å². The number of nitrogens with zero attached hydrogens (tertiary/aromatic N) is 2. The van der Waals surface area contributed by atoms with Crippen molar-refractivity contribution >= 4 is 25.1 Å². The molecule has 0 radical (unpaired) electrons. The summed E-state index contributed by atoms with van der Waals surface area (Å²) in [6.07, 6.45) is -4.57. The van der Waals surface area contributed by atoms with E-state index in [9.17, 15) is 28.4 Å². The van der Waals surface area contributed by atoms with E-state index in [1.165, 1.54) is 35.9 Å². The normalized spacial score (nSPS) is 24.3. The van der Waals surface area contributed by atoms with Gasteiger partial charge in [0.15, 0.2) is 11.9 Å². The van der Waals surface area contributed by atoms with Gasteiger partial charge < -0.3 is 19.1 Å². The molecule has 2 aromatic heterocycles. The van der Waals surface area contributed by atoms with Gasteiger partial charge in [-0.1, -0.05) is 0 Å². The highest BCUT2D eigenvalue weighted by Gasteiger charge is 2.56. The maximum Gasteiger partial charge on any atom is 0.459 e. The van der Waals surface area contributed by atoms with Crippen LogP contribution >= 0.6 is 19.1 Å². The third-order valence-corrected chi connectivity index (χ3v) is 8.39. The van der Waals surface area contributed by atoms with Crippen molar-refractivity contribution < 1.29 is 41.8 Å². The monoisotopic (exact) mass is 630 g/mol. The van der Waals surface area contributed by atoms with Gasteiger partial charge in [0.1, 0.15) is 29.8 Å². The number of alkyl halides is 1. The predicted octanol–water partition coefficient (Wildman–Crippen LogP) is 2.92. The Morgan fingerprint density at radius 3 is 2.69 bits per heavy atom. The fourth-order valence-electron chi connectivity index (χ4n) is 4.09. The zero-order valence-electron chi connectivity index (χ0n) is 22.9. The highest BCUT2D eigenvalue weighted by atomic mass is 32.1. The van der Waals surface area contributed by atoms with E-state index < -0.39 is 73.6 Å². The van der Waals surface area contributed by atoms with Crippen LogP contribution in [0.15, 0.2) is 50.9 Å². The molecule has 1 fully saturated rings. The van der Waals surface area contributed by atoms with Crippen LogP contribution in [-0.2, 0) is 23.4 Å². The molecule has 0 saturated carbocycles. The molecule has 42 heavy (non-hydrogen) atoms. The van der Waals surface area contributed by atoms with Crippen LogP contribution in [0.1, 0.15) is 33.9 Å². The highest BCUT2D eigenvalue weighted by Crippen LogP contribution is 2.48. The fourth-order valence-corrected chi connectivity index (χ4v) is 6.14. The first-order valence-corrected chi connectivity index (χ1v) is 15.1. The van der Waals surface area contributed by atoms with E-state index in [2.05, 4.69) is 10.1 Å². The van der Waals surface area contributed by atoms with E-state index in [0.29, 0.717) is 5.69 Å². The number of aromatic amines is 1. The van der Waals surface area contributed by atoms with Gasteiger partial charge in [0.2, 0.25) is 0 Å². The Labute approximate surface area is 242 Å². The Balaban J connectivity index is 1.57. The Morgan fingerprint density at radius 1 is 1.33 bits per heavy atom. The second kappa shape index (κ2) is 12.5. The number of aliphatic hydroxyl groups excluding tert-OH is 1. The van der Waals surface area contributed by atoms with Gasteiger partial charge in [-0.15, -0.1) is 11.3 Å². The van der Waals surface area contributed by atoms with E-state index >= 15 is 4.39 Å². The number of esters is 1. The summed E-state index contributed by atoms with van der Waals surface area (Å²) in [7, 11) is -4.58. The van der Waals surface area contributed by atoms with Crippen molar-refractivity contribution in [3.05, 3.63) is 68.0 Å². The summed E-state index contributed by atoms with van der Waals surface area (Å²) in [5.74, 6) is -1.78. The molecule has 0 spiro atoms. The largest absolute Gasteiger partial charge is 0.462 e. The number of hydrogen-bond acceptors (Lipinski definition) is 11. The number of carbonyl (C=O) groups is 1. The molecule has 1 aromatic carbocycles. The lowest BCUT2D eigenvalue weighted by molar-refractivity contribution is -0.149. The number of thiazole rings is 1. The number of rotatable bonds is 11. The summed E-state index contributed by atoms with van der Waals surface area (Å²) < 4.78 is 66.7. The summed E-state index contributed by atoms with van der Waals surface area (Å²) in [6.45, 7) is 4.77. The van der Waals surface area contributed by atoms with E-state index in [4.69, 9.17) is 18.5 Å². The summed E-state index contributed by atoms with van der Waals surface area (Å²) in [4.78, 5) is 42.1. The number of carbonyl (C=O) groups excluding carboxylic acids is 1. The topological polar surface area (TPSA) is 171 Å². The molecule has 3 aromatic rings. The Kier molecular flexibility index (Phi) is 9.45. The van der Waals surface area contributed by atoms with Crippen LogP contribution in [0.3, 0.4) is 0 Å². The molecule has 1 aliphatic rings. The lowest BCUT2D eigenvalue weighted by Gasteiger charge is -2.25. The standard InChI is InChI=1S/C25H29F2N4O9PS/c1-13(2)38-22(34)14(3)30-41(36,40-15-5-6-16(17(26)9-15)18-11-42-12-28-18)37-10-19-21(33)25(4,27)23(39-19)31-8-7-20(32)29-24(31)35/h5-9,11-14,19,21,23,33H,10H2,1-4H3,(H,30,36)(H,29,32,35)/t14-,19+,21+,23+,25+,41?/m0/s1. The molecular formula is C25H29F2N4O9PS. The average molecular weight is 631 g/mol. The number of aliphatic hydroxyl groups is 1. The number of H-pyrrole nitrogens is 1. The molecule has 0 amide bonds. The van der Waals surface area contributed by atoms with Crippen molar-refractivity contribution in [1.29, 1.82) is 0 Å². The smallest absolute Gasteiger partial charge is 0.459 e. The fraction of sp³-hybridized carbons (Fsp3) is 0.440. The molecule has 13 nitrogen and oxygen atoms in total. The first-order chi connectivity index (χ1) is 19.7. The maximum atomic E-state index is 15.6. The van der Waals surface area contributed by atoms with Crippen molar-refractivity contribution in [2.24, 2.45) is 0 Å². The first-order valence-electron chi connectivity index (χ1n) is 12.6. The van der Waals surface area contributed by atoms with E-state index in [0.717, 1.165) is 29.8 Å². The minimum Gasteiger partial charge on any atom is -0.462 e. The molecule has 3 heterocycles. The van der Waals surface area contributed by atoms with Gasteiger partial charge in [-0.3, -0.25) is 23.7 Å². The van der Waals surface area contributed by atoms with Crippen LogP contribution in [-0.4, -0.2) is 62.2 Å². The number of ether oxygens (including phenoxy) is 2. The first kappa shape index (κ1) is 31.7. The number of nitrogens with one attached hydrogen (secondary N) is 2. The number of hydrogen-bond donors (Lipinski definition) is 3. The van der Waals surface area contributed by atoms with E-state index in [-0.39, 0.29) is 11.3 Å². The summed E-state index contributed by atoms with van der Waals surface area (Å²) in [5, 5.41) is 14.7. The molecule has 4 rings (SSSR count). The highest BCUT2D eigenvalue weighted by molar-refractivity contribution is 7.52. The third-order valence-electron chi connectivity index (χ3n) is 6.16. The summed E-state index contributed by atoms with van der Waals surface area (Å²) in [6, 6.07) is 3.34. The Bertz CT molecular complexity index is 1580. The Hall–Kier alpha value is -3.27. The predicted molar refractivity (Wildman–Crippen MR) is 146 cm³/mol. The van der Waals surface area contributed by atoms with Gasteiger partial charge in [-0.05, 0) is 39.8 Å². The van der Waals surface area contributed by atoms with E-state index in [1.54, 1.807) is 19.2 Å². The van der Waals surface area contributed by atoms with Crippen LogP contribution in [0.2, 0.25) is 0 Å². The van der Waals surface area contributed by atoms with Crippen LogP contribution in [0, 0.1) is 5.82 Å². The van der Waals surface area contributed by atoms with E-state index in [1.807, 2.05) is 4.98 Å². The Morgan fingerprint density at radius 2 is 2.07 bits per heavy atom. The van der Waals surface area contributed by atoms with Gasteiger partial charge in [0, 0.05) is 29.3 Å². The molecule has 1 unspecified atom stereocenters. The van der Waals surface area contributed by atoms with Crippen LogP contribution < -0.4 is 20.9 Å². The zero-order valence-corrected chi connectivity index (χ0v) is 24.6. The van der Waals surface area contributed by atoms with Gasteiger partial charge in [0.25, 0.3) is 5.56 Å². The molecule has 17 heteroatoms. The van der Waals surface area contributed by atoms with Gasteiger partial charge in [-0.2, -0.15) is 5.09 Å². The molecule has 1 aliphatic heterocycles. The second-order valence-corrected chi connectivity index (χ2v) is 12.3. The SMILES string of the molecule is CC(C)OC(=O)[C@H](C)NP(=O)(OC[C@H]1O[C@@H](n2ccc(=O)[nH]c2=O)[C@](C)(F)[C@@H]1O)Oc1ccc(-c2cscn2)c(F)c1. The average Bonchev–Trinajstić information content (AvgIpc) is 3.50. The van der Waals surface area contributed by atoms with Crippen LogP contribution in [0.25, 0.3) is 11.3 Å². The number of aromatic nitrogens is 3. The zero-order chi connectivity index (χ0) is 30.8. The number of benzene rings is 1. The van der Waals surface area contributed by atoms with Crippen LogP contribution in [0.4, 0.5) is 8.78 Å². The molecule has 228 valence electrons. The lowest BCUT2D eigenvalue weighted by Crippen LogP contribution is -2.43. The number of halogens is 2. The molecule has 6 atom stereocenters. The van der Waals surface area contributed by atoms with Gasteiger partial charge >= 0.3 is 19.4 Å². The van der Waals surface area contributed by atoms with Crippen molar-refractivity contribution in [2.45, 2.75) is 63.9 Å². The molecular weight excluding hydrogens is 601 g/mol. The van der Waals surface area contributed by atoms with Crippen molar-refractivity contribution in [1.82, 2.24) is 19.6 Å². The summed E-state index contributed by atoms with van der Waals surface area (Å²) in [5.41, 5.74) is -2.19. The quantitative estimate of drug-likeness (QED) is 0.210. The molecule has 1 saturated heterocycles. The van der Waals surface area contributed by atoms with Crippen LogP contribution in [0.5, 0.6) is 5.75 Å². The minimum absolute atomic E-state index is 0.162. The van der Waals surface area contributed by atoms with Gasteiger partial charge in [-0.25, -0.2) is 23.1 Å². The van der Waals surface area contributed by atoms with Crippen molar-refractivity contribution in [2.75, 3.05) is 6.61 Å². The maximum absolute atomic E-state index is 15.6. The molecule has 3 N–H and O–H groups in total. The molecule has 0 aliphatic carbocycles. The lowest BCUT2D eigenvalue weighted by atomic mass is 9.98. The van der Waals surface area contributed by atoms with Crippen molar-refractivity contribution in [3.63, 3.8) is 0 Å². The molecule has 0 bridgehead atoms. The minimum atomic E-state index is -4.58.